The van der Waals surface area contributed by atoms with Crippen LogP contribution in [0.3, 0.4) is 0 Å². The van der Waals surface area contributed by atoms with Crippen LogP contribution in [0.4, 0.5) is 0 Å². The Hall–Kier alpha value is -0.890. The van der Waals surface area contributed by atoms with Crippen molar-refractivity contribution in [2.24, 2.45) is 4.99 Å². The summed E-state index contributed by atoms with van der Waals surface area (Å²) in [5.74, 6) is 0.955. The highest BCUT2D eigenvalue weighted by atomic mass is 16.5. The molecule has 0 aromatic heterocycles. The fourth-order valence-electron chi connectivity index (χ4n) is 3.95. The maximum Gasteiger partial charge on any atom is 0.191 e. The van der Waals surface area contributed by atoms with Crippen molar-refractivity contribution < 1.29 is 9.47 Å². The molecule has 0 amide bonds. The predicted octanol–water partition coefficient (Wildman–Crippen LogP) is 1.54. The summed E-state index contributed by atoms with van der Waals surface area (Å²) in [6, 6.07) is 1.40. The lowest BCUT2D eigenvalue weighted by Gasteiger charge is -2.37. The summed E-state index contributed by atoms with van der Waals surface area (Å²) >= 11 is 0. The van der Waals surface area contributed by atoms with Crippen LogP contribution < -0.4 is 10.6 Å². The molecule has 2 aliphatic heterocycles. The van der Waals surface area contributed by atoms with Crippen LogP contribution in [0, 0.1) is 0 Å². The van der Waals surface area contributed by atoms with Gasteiger partial charge >= 0.3 is 0 Å². The van der Waals surface area contributed by atoms with Crippen LogP contribution in [-0.2, 0) is 9.47 Å². The van der Waals surface area contributed by atoms with Crippen LogP contribution in [0.5, 0.6) is 0 Å². The van der Waals surface area contributed by atoms with Crippen LogP contribution >= 0.6 is 0 Å². The van der Waals surface area contributed by atoms with E-state index in [1.165, 1.54) is 0 Å². The van der Waals surface area contributed by atoms with Gasteiger partial charge in [-0.05, 0) is 47.5 Å². The van der Waals surface area contributed by atoms with E-state index in [-0.39, 0.29) is 0 Å². The summed E-state index contributed by atoms with van der Waals surface area (Å²) in [5, 5.41) is 7.08. The van der Waals surface area contributed by atoms with Crippen molar-refractivity contribution in [1.29, 1.82) is 0 Å². The van der Waals surface area contributed by atoms with Crippen molar-refractivity contribution in [3.05, 3.63) is 0 Å². The van der Waals surface area contributed by atoms with Crippen molar-refractivity contribution in [2.75, 3.05) is 59.1 Å². The zero-order chi connectivity index (χ0) is 20.4. The highest BCUT2D eigenvalue weighted by Gasteiger charge is 2.24. The molecule has 7 heteroatoms. The molecule has 0 saturated carbocycles. The number of guanidine groups is 1. The Labute approximate surface area is 172 Å². The second-order valence-electron chi connectivity index (χ2n) is 8.41. The molecule has 7 nitrogen and oxygen atoms in total. The summed E-state index contributed by atoms with van der Waals surface area (Å²) in [6.07, 6.45) is 2.63. The molecule has 2 unspecified atom stereocenters. The van der Waals surface area contributed by atoms with Gasteiger partial charge in [-0.15, -0.1) is 0 Å². The molecule has 0 radical (unpaired) electrons. The van der Waals surface area contributed by atoms with Gasteiger partial charge in [0.1, 0.15) is 0 Å². The molecule has 164 valence electrons. The number of hydrogen-bond donors (Lipinski definition) is 2. The zero-order valence-electron chi connectivity index (χ0n) is 18.7. The smallest absolute Gasteiger partial charge is 0.191 e. The second-order valence-corrected chi connectivity index (χ2v) is 8.41. The minimum Gasteiger partial charge on any atom is -0.379 e. The first kappa shape index (κ1) is 23.4. The van der Waals surface area contributed by atoms with Crippen LogP contribution in [-0.4, -0.2) is 99.1 Å². The predicted molar refractivity (Wildman–Crippen MR) is 116 cm³/mol. The number of ether oxygens (including phenoxy) is 2. The molecule has 2 aliphatic rings. The summed E-state index contributed by atoms with van der Waals surface area (Å²) in [5.41, 5.74) is 0. The fraction of sp³-hybridized carbons (Fsp3) is 0.952. The van der Waals surface area contributed by atoms with E-state index in [2.05, 4.69) is 55.1 Å². The van der Waals surface area contributed by atoms with Gasteiger partial charge in [-0.3, -0.25) is 9.89 Å². The summed E-state index contributed by atoms with van der Waals surface area (Å²) in [6.45, 7) is 19.3. The molecule has 2 heterocycles. The number of nitrogens with zero attached hydrogens (tertiary/aromatic N) is 3. The molecule has 0 aromatic rings. The molecular formula is C21H43N5O2. The van der Waals surface area contributed by atoms with Gasteiger partial charge < -0.3 is 25.0 Å². The van der Waals surface area contributed by atoms with Crippen LogP contribution in [0.2, 0.25) is 0 Å². The Morgan fingerprint density at radius 3 is 2.61 bits per heavy atom. The number of hydrogen-bond acceptors (Lipinski definition) is 5. The summed E-state index contributed by atoms with van der Waals surface area (Å²) in [4.78, 5) is 9.90. The van der Waals surface area contributed by atoms with Gasteiger partial charge in [0.25, 0.3) is 0 Å². The monoisotopic (exact) mass is 397 g/mol. The first-order valence-electron chi connectivity index (χ1n) is 11.2. The average Bonchev–Trinajstić information content (AvgIpc) is 2.67. The molecule has 2 atom stereocenters. The van der Waals surface area contributed by atoms with E-state index in [9.17, 15) is 0 Å². The van der Waals surface area contributed by atoms with Gasteiger partial charge in [0.05, 0.1) is 32.5 Å². The Morgan fingerprint density at radius 2 is 1.96 bits per heavy atom. The molecule has 0 aliphatic carbocycles. The van der Waals surface area contributed by atoms with Gasteiger partial charge in [0, 0.05) is 50.8 Å². The number of rotatable bonds is 9. The highest BCUT2D eigenvalue weighted by molar-refractivity contribution is 5.80. The van der Waals surface area contributed by atoms with Crippen LogP contribution in [0.15, 0.2) is 4.99 Å². The molecule has 2 fully saturated rings. The van der Waals surface area contributed by atoms with Gasteiger partial charge in [-0.25, -0.2) is 0 Å². The number of aliphatic imine (C=N–C) groups is 1. The fourth-order valence-corrected chi connectivity index (χ4v) is 3.95. The number of morpholine rings is 1. The maximum atomic E-state index is 5.68. The molecule has 0 bridgehead atoms. The van der Waals surface area contributed by atoms with Crippen molar-refractivity contribution in [2.45, 2.75) is 71.7 Å². The van der Waals surface area contributed by atoms with Crippen molar-refractivity contribution in [3.63, 3.8) is 0 Å². The number of nitrogens with one attached hydrogen (secondary N) is 2. The number of likely N-dealkylation sites (tertiary alicyclic amines) is 1. The zero-order valence-corrected chi connectivity index (χ0v) is 18.7. The van der Waals surface area contributed by atoms with Crippen LogP contribution in [0.1, 0.15) is 47.5 Å². The van der Waals surface area contributed by atoms with Gasteiger partial charge in [0.2, 0.25) is 0 Å². The van der Waals surface area contributed by atoms with E-state index in [1.54, 1.807) is 0 Å². The summed E-state index contributed by atoms with van der Waals surface area (Å²) in [7, 11) is 0. The molecule has 28 heavy (non-hydrogen) atoms. The van der Waals surface area contributed by atoms with Crippen LogP contribution in [0.25, 0.3) is 0 Å². The Morgan fingerprint density at radius 1 is 1.21 bits per heavy atom. The highest BCUT2D eigenvalue weighted by Crippen LogP contribution is 2.12. The van der Waals surface area contributed by atoms with Crippen molar-refractivity contribution in [3.8, 4) is 0 Å². The van der Waals surface area contributed by atoms with Gasteiger partial charge in [0.15, 0.2) is 5.96 Å². The minimum absolute atomic E-state index is 0.320. The second kappa shape index (κ2) is 12.6. The average molecular weight is 398 g/mol. The molecular weight excluding hydrogens is 354 g/mol. The van der Waals surface area contributed by atoms with E-state index in [4.69, 9.17) is 14.5 Å². The molecule has 0 aromatic carbocycles. The lowest BCUT2D eigenvalue weighted by molar-refractivity contribution is -0.0166. The van der Waals surface area contributed by atoms with Gasteiger partial charge in [-0.2, -0.15) is 0 Å². The maximum absolute atomic E-state index is 5.68. The summed E-state index contributed by atoms with van der Waals surface area (Å²) < 4.78 is 11.2. The Bertz CT molecular complexity index is 452. The standard InChI is InChI=1S/C21H43N5O2/c1-6-22-21(23-15-18(4)26-12-13-27-16-19(26)5)24-20-7-9-25(10-8-20)11-14-28-17(2)3/h17-20H,6-16H2,1-5H3,(H2,22,23,24). The van der Waals surface area contributed by atoms with Crippen molar-refractivity contribution >= 4 is 5.96 Å². The minimum atomic E-state index is 0.320. The largest absolute Gasteiger partial charge is 0.379 e. The third-order valence-corrected chi connectivity index (χ3v) is 5.63. The molecule has 0 spiro atoms. The topological polar surface area (TPSA) is 61.4 Å². The van der Waals surface area contributed by atoms with E-state index >= 15 is 0 Å². The van der Waals surface area contributed by atoms with E-state index < -0.39 is 0 Å². The molecule has 2 saturated heterocycles. The Balaban J connectivity index is 1.75. The number of piperidine rings is 1. The molecule has 2 N–H and O–H groups in total. The first-order valence-corrected chi connectivity index (χ1v) is 11.2. The quantitative estimate of drug-likeness (QED) is 0.455. The third kappa shape index (κ3) is 8.23. The van der Waals surface area contributed by atoms with E-state index in [1.807, 2.05) is 0 Å². The van der Waals surface area contributed by atoms with E-state index in [0.29, 0.717) is 24.2 Å². The lowest BCUT2D eigenvalue weighted by atomic mass is 10.1. The van der Waals surface area contributed by atoms with Crippen molar-refractivity contribution in [1.82, 2.24) is 20.4 Å². The Kier molecular flexibility index (Phi) is 10.5. The first-order chi connectivity index (χ1) is 13.5. The third-order valence-electron chi connectivity index (χ3n) is 5.63. The molecule has 2 rings (SSSR count). The lowest BCUT2D eigenvalue weighted by Crippen LogP contribution is -2.51. The normalized spacial score (nSPS) is 24.5. The van der Waals surface area contributed by atoms with E-state index in [0.717, 1.165) is 77.9 Å². The SMILES string of the molecule is CCNC(=NCC(C)N1CCOCC1C)NC1CCN(CCOC(C)C)CC1. The van der Waals surface area contributed by atoms with Gasteiger partial charge in [-0.1, -0.05) is 0 Å².